The Morgan fingerprint density at radius 2 is 1.52 bits per heavy atom. The third-order valence-corrected chi connectivity index (χ3v) is 4.56. The van der Waals surface area contributed by atoms with Crippen molar-refractivity contribution in [2.75, 3.05) is 0 Å². The van der Waals surface area contributed by atoms with Crippen LogP contribution >= 0.6 is 0 Å². The summed E-state index contributed by atoms with van der Waals surface area (Å²) in [6.07, 6.45) is 3.00. The van der Waals surface area contributed by atoms with Crippen molar-refractivity contribution in [1.29, 1.82) is 0 Å². The Labute approximate surface area is 126 Å². The molecule has 0 amide bonds. The van der Waals surface area contributed by atoms with Crippen LogP contribution in [0.4, 0.5) is 0 Å². The molecule has 21 heavy (non-hydrogen) atoms. The Bertz CT molecular complexity index is 707. The quantitative estimate of drug-likeness (QED) is 0.774. The molecular weight excluding hydrogens is 282 g/mol. The van der Waals surface area contributed by atoms with Crippen molar-refractivity contribution < 1.29 is 8.42 Å². The zero-order chi connectivity index (χ0) is 15.3. The third-order valence-electron chi connectivity index (χ3n) is 3.21. The highest BCUT2D eigenvalue weighted by molar-refractivity contribution is 7.94. The lowest BCUT2D eigenvalue weighted by Crippen LogP contribution is -2.07. The van der Waals surface area contributed by atoms with Gasteiger partial charge in [0.25, 0.3) is 0 Å². The molecule has 0 bridgehead atoms. The molecule has 0 radical (unpaired) electrons. The Balaban J connectivity index is 2.37. The summed E-state index contributed by atoms with van der Waals surface area (Å²) in [4.78, 5) is 0.204. The van der Waals surface area contributed by atoms with Crippen LogP contribution in [0.1, 0.15) is 25.5 Å². The molecule has 2 aromatic carbocycles. The van der Waals surface area contributed by atoms with Crippen molar-refractivity contribution in [3.05, 3.63) is 82.6 Å². The van der Waals surface area contributed by atoms with Gasteiger partial charge in [0.15, 0.2) is 0 Å². The molecule has 0 heterocycles. The summed E-state index contributed by atoms with van der Waals surface area (Å²) < 4.78 is 28.9. The molecular formula is C17H17NO2S-2. The smallest absolute Gasteiger partial charge is 0.101 e. The van der Waals surface area contributed by atoms with Gasteiger partial charge in [0.2, 0.25) is 0 Å². The minimum atomic E-state index is -3.70. The van der Waals surface area contributed by atoms with E-state index in [9.17, 15) is 8.42 Å². The normalized spacial score (nSPS) is 13.9. The van der Waals surface area contributed by atoms with Crippen molar-refractivity contribution in [2.24, 2.45) is 0 Å². The van der Waals surface area contributed by atoms with Crippen LogP contribution in [-0.4, -0.2) is 8.42 Å². The second-order valence-electron chi connectivity index (χ2n) is 4.64. The van der Waals surface area contributed by atoms with E-state index in [-0.39, 0.29) is 4.90 Å². The van der Waals surface area contributed by atoms with Gasteiger partial charge in [0.1, 0.15) is 10.0 Å². The first-order chi connectivity index (χ1) is 10.0. The van der Waals surface area contributed by atoms with E-state index in [0.717, 1.165) is 11.1 Å². The predicted octanol–water partition coefficient (Wildman–Crippen LogP) is 4.26. The molecule has 0 aliphatic rings. The van der Waals surface area contributed by atoms with E-state index in [4.69, 9.17) is 0 Å². The molecule has 110 valence electrons. The van der Waals surface area contributed by atoms with Gasteiger partial charge in [-0.2, -0.15) is 6.92 Å². The minimum Gasteiger partial charge on any atom is -0.537 e. The molecule has 2 rings (SSSR count). The standard InChI is InChI=1S/C17H17NO2S/c1-3-14(2)17(15-10-6-4-7-11-15)18-21(19,20)16-12-8-5-9-13-16/h4-13,17H,1-2H3/q-2. The number of rotatable bonds is 5. The van der Waals surface area contributed by atoms with Crippen molar-refractivity contribution in [2.45, 2.75) is 24.8 Å². The Hall–Kier alpha value is -1.91. The fourth-order valence-corrected chi connectivity index (χ4v) is 3.13. The highest BCUT2D eigenvalue weighted by Gasteiger charge is 2.08. The summed E-state index contributed by atoms with van der Waals surface area (Å²) in [5.41, 5.74) is 1.62. The van der Waals surface area contributed by atoms with E-state index in [1.165, 1.54) is 0 Å². The zero-order valence-electron chi connectivity index (χ0n) is 12.0. The van der Waals surface area contributed by atoms with Gasteiger partial charge in [0, 0.05) is 4.90 Å². The average Bonchev–Trinajstić information content (AvgIpc) is 2.53. The highest BCUT2D eigenvalue weighted by atomic mass is 32.2. The molecule has 0 N–H and O–H groups in total. The molecule has 0 aliphatic heterocycles. The molecule has 0 saturated carbocycles. The summed E-state index contributed by atoms with van der Waals surface area (Å²) in [7, 11) is -3.70. The van der Waals surface area contributed by atoms with Crippen molar-refractivity contribution in [3.63, 3.8) is 0 Å². The maximum atomic E-state index is 12.4. The van der Waals surface area contributed by atoms with Crippen LogP contribution in [0.25, 0.3) is 4.72 Å². The lowest BCUT2D eigenvalue weighted by molar-refractivity contribution is 0.599. The molecule has 3 nitrogen and oxygen atoms in total. The van der Waals surface area contributed by atoms with Gasteiger partial charge in [-0.25, -0.2) is 8.42 Å². The zero-order valence-corrected chi connectivity index (χ0v) is 12.8. The SMILES string of the molecule is C[C-]=C(C)C([N-]S(=O)(=O)c1ccccc1)c1ccccc1. The number of nitrogens with zero attached hydrogens (tertiary/aromatic N) is 1. The Morgan fingerprint density at radius 3 is 2.05 bits per heavy atom. The van der Waals surface area contributed by atoms with Crippen LogP contribution in [0.15, 0.2) is 71.1 Å². The van der Waals surface area contributed by atoms with E-state index in [1.807, 2.05) is 37.3 Å². The van der Waals surface area contributed by atoms with Gasteiger partial charge >= 0.3 is 0 Å². The lowest BCUT2D eigenvalue weighted by atomic mass is 10.0. The lowest BCUT2D eigenvalue weighted by Gasteiger charge is -2.37. The maximum Gasteiger partial charge on any atom is 0.101 e. The topological polar surface area (TPSA) is 48.2 Å². The van der Waals surface area contributed by atoms with E-state index in [2.05, 4.69) is 10.8 Å². The van der Waals surface area contributed by atoms with Crippen LogP contribution in [0, 0.1) is 6.08 Å². The van der Waals surface area contributed by atoms with Crippen molar-refractivity contribution in [1.82, 2.24) is 0 Å². The average molecular weight is 299 g/mol. The maximum absolute atomic E-state index is 12.4. The molecule has 4 heteroatoms. The number of hydrogen-bond donors (Lipinski definition) is 0. The van der Waals surface area contributed by atoms with E-state index in [0.29, 0.717) is 0 Å². The van der Waals surface area contributed by atoms with Crippen LogP contribution in [0.2, 0.25) is 0 Å². The van der Waals surface area contributed by atoms with Gasteiger partial charge in [-0.3, -0.25) is 5.57 Å². The molecule has 0 spiro atoms. The van der Waals surface area contributed by atoms with Gasteiger partial charge in [-0.15, -0.1) is 6.04 Å². The van der Waals surface area contributed by atoms with Crippen LogP contribution in [0.3, 0.4) is 0 Å². The molecule has 1 atom stereocenters. The number of hydrogen-bond acceptors (Lipinski definition) is 2. The fraction of sp³-hybridized carbons (Fsp3) is 0.176. The van der Waals surface area contributed by atoms with Gasteiger partial charge < -0.3 is 10.8 Å². The monoisotopic (exact) mass is 299 g/mol. The first-order valence-electron chi connectivity index (χ1n) is 6.63. The van der Waals surface area contributed by atoms with Gasteiger partial charge in [-0.1, -0.05) is 61.0 Å². The molecule has 0 aromatic heterocycles. The number of sulfonamides is 1. The first kappa shape index (κ1) is 15.5. The highest BCUT2D eigenvalue weighted by Crippen LogP contribution is 2.34. The van der Waals surface area contributed by atoms with Crippen LogP contribution in [-0.2, 0) is 10.0 Å². The number of allylic oxidation sites excluding steroid dienone is 1. The van der Waals surface area contributed by atoms with Gasteiger partial charge in [-0.05, 0) is 12.1 Å². The molecule has 1 unspecified atom stereocenters. The third kappa shape index (κ3) is 3.80. The largest absolute Gasteiger partial charge is 0.537 e. The first-order valence-corrected chi connectivity index (χ1v) is 8.07. The fourth-order valence-electron chi connectivity index (χ4n) is 1.95. The summed E-state index contributed by atoms with van der Waals surface area (Å²) in [6.45, 7) is 3.59. The van der Waals surface area contributed by atoms with E-state index < -0.39 is 16.1 Å². The molecule has 2 aromatic rings. The number of benzene rings is 2. The Kier molecular flexibility index (Phi) is 4.94. The van der Waals surface area contributed by atoms with Crippen LogP contribution in [0.5, 0.6) is 0 Å². The summed E-state index contributed by atoms with van der Waals surface area (Å²) in [5.74, 6) is 0. The van der Waals surface area contributed by atoms with E-state index in [1.54, 1.807) is 37.3 Å². The van der Waals surface area contributed by atoms with Crippen molar-refractivity contribution in [3.8, 4) is 0 Å². The minimum absolute atomic E-state index is 0.204. The summed E-state index contributed by atoms with van der Waals surface area (Å²) >= 11 is 0. The molecule has 0 aliphatic carbocycles. The van der Waals surface area contributed by atoms with Gasteiger partial charge in [0.05, 0.1) is 0 Å². The summed E-state index contributed by atoms with van der Waals surface area (Å²) in [5, 5.41) is 0. The second-order valence-corrected chi connectivity index (χ2v) is 6.27. The molecule has 0 fully saturated rings. The van der Waals surface area contributed by atoms with Crippen LogP contribution < -0.4 is 0 Å². The summed E-state index contributed by atoms with van der Waals surface area (Å²) in [6, 6.07) is 17.1. The Morgan fingerprint density at radius 1 is 1.00 bits per heavy atom. The predicted molar refractivity (Wildman–Crippen MR) is 84.3 cm³/mol. The second kappa shape index (κ2) is 6.70. The van der Waals surface area contributed by atoms with Crippen molar-refractivity contribution >= 4 is 10.0 Å². The molecule has 0 saturated heterocycles. The van der Waals surface area contributed by atoms with E-state index >= 15 is 0 Å².